The zero-order valence-corrected chi connectivity index (χ0v) is 10.8. The Labute approximate surface area is 109 Å². The first-order chi connectivity index (χ1) is 8.33. The predicted molar refractivity (Wildman–Crippen MR) is 63.5 cm³/mol. The van der Waals surface area contributed by atoms with Crippen LogP contribution in [0.5, 0.6) is 0 Å². The quantitative estimate of drug-likeness (QED) is 0.781. The van der Waals surface area contributed by atoms with Crippen molar-refractivity contribution >= 4 is 27.6 Å². The molecule has 0 amide bonds. The lowest BCUT2D eigenvalue weighted by atomic mass is 10.3. The van der Waals surface area contributed by atoms with Gasteiger partial charge in [-0.2, -0.15) is 0 Å². The molecule has 0 aliphatic carbocycles. The van der Waals surface area contributed by atoms with Crippen molar-refractivity contribution in [3.63, 3.8) is 0 Å². The largest absolute Gasteiger partial charge is 0.481 e. The summed E-state index contributed by atoms with van der Waals surface area (Å²) in [5, 5.41) is 8.49. The number of aliphatic carboxylic acids is 1. The molecule has 0 radical (unpaired) electrons. The molecule has 18 heavy (non-hydrogen) atoms. The lowest BCUT2D eigenvalue weighted by Crippen LogP contribution is -2.26. The first-order valence-corrected chi connectivity index (χ1v) is 6.85. The molecule has 2 N–H and O–H groups in total. The van der Waals surface area contributed by atoms with E-state index in [1.165, 1.54) is 6.07 Å². The molecule has 0 heterocycles. The van der Waals surface area contributed by atoms with Crippen LogP contribution in [-0.2, 0) is 14.8 Å². The first kappa shape index (κ1) is 14.9. The van der Waals surface area contributed by atoms with Gasteiger partial charge in [-0.15, -0.1) is 0 Å². The fraction of sp³-hybridized carbons (Fsp3) is 0.300. The Balaban J connectivity index is 2.74. The summed E-state index contributed by atoms with van der Waals surface area (Å²) in [5.74, 6) is -1.94. The number of benzene rings is 1. The number of carboxylic acid groups (broad SMARTS) is 1. The smallest absolute Gasteiger partial charge is 0.303 e. The molecule has 100 valence electrons. The Morgan fingerprint density at radius 3 is 2.72 bits per heavy atom. The highest BCUT2D eigenvalue weighted by molar-refractivity contribution is 7.89. The molecular weight excluding hydrogens is 285 g/mol. The Bertz CT molecular complexity index is 547. The van der Waals surface area contributed by atoms with Gasteiger partial charge in [0.15, 0.2) is 0 Å². The minimum atomic E-state index is -4.01. The number of nitrogens with one attached hydrogen (secondary N) is 1. The van der Waals surface area contributed by atoms with Crippen molar-refractivity contribution in [1.82, 2.24) is 4.72 Å². The van der Waals surface area contributed by atoms with Crippen LogP contribution < -0.4 is 4.72 Å². The van der Waals surface area contributed by atoms with Crippen LogP contribution in [0.2, 0.25) is 5.02 Å². The van der Waals surface area contributed by atoms with Crippen molar-refractivity contribution in [2.24, 2.45) is 0 Å². The third-order valence-corrected chi connectivity index (χ3v) is 3.75. The molecule has 0 atom stereocenters. The molecule has 5 nitrogen and oxygen atoms in total. The SMILES string of the molecule is O=C(O)CCCNS(=O)(=O)c1cc(Cl)ccc1F. The summed E-state index contributed by atoms with van der Waals surface area (Å²) in [4.78, 5) is 9.69. The zero-order valence-electron chi connectivity index (χ0n) is 9.19. The van der Waals surface area contributed by atoms with Gasteiger partial charge in [0.25, 0.3) is 0 Å². The Morgan fingerprint density at radius 2 is 2.11 bits per heavy atom. The van der Waals surface area contributed by atoms with Gasteiger partial charge in [0.1, 0.15) is 10.7 Å². The van der Waals surface area contributed by atoms with Gasteiger partial charge >= 0.3 is 5.97 Å². The molecule has 0 aliphatic heterocycles. The number of carbonyl (C=O) groups is 1. The monoisotopic (exact) mass is 295 g/mol. The van der Waals surface area contributed by atoms with Crippen molar-refractivity contribution in [3.8, 4) is 0 Å². The standard InChI is InChI=1S/C10H11ClFNO4S/c11-7-3-4-8(12)9(6-7)18(16,17)13-5-1-2-10(14)15/h3-4,6,13H,1-2,5H2,(H,14,15). The lowest BCUT2D eigenvalue weighted by molar-refractivity contribution is -0.137. The van der Waals surface area contributed by atoms with Gasteiger partial charge in [-0.1, -0.05) is 11.6 Å². The lowest BCUT2D eigenvalue weighted by Gasteiger charge is -2.07. The number of hydrogen-bond acceptors (Lipinski definition) is 3. The summed E-state index contributed by atoms with van der Waals surface area (Å²) in [6.45, 7) is -0.0828. The van der Waals surface area contributed by atoms with E-state index in [1.54, 1.807) is 0 Å². The van der Waals surface area contributed by atoms with Gasteiger partial charge in [-0.25, -0.2) is 17.5 Å². The number of rotatable bonds is 6. The van der Waals surface area contributed by atoms with Crippen LogP contribution in [-0.4, -0.2) is 26.0 Å². The van der Waals surface area contributed by atoms with E-state index in [4.69, 9.17) is 16.7 Å². The van der Waals surface area contributed by atoms with E-state index >= 15 is 0 Å². The average Bonchev–Trinajstić information content (AvgIpc) is 2.27. The fourth-order valence-electron chi connectivity index (χ4n) is 1.21. The molecule has 8 heteroatoms. The Hall–Kier alpha value is -1.18. The second-order valence-electron chi connectivity index (χ2n) is 3.47. The highest BCUT2D eigenvalue weighted by Crippen LogP contribution is 2.19. The van der Waals surface area contributed by atoms with Gasteiger partial charge in [-0.05, 0) is 24.6 Å². The summed E-state index contributed by atoms with van der Waals surface area (Å²) in [6, 6.07) is 3.19. The minimum absolute atomic E-state index is 0.0828. The summed E-state index contributed by atoms with van der Waals surface area (Å²) >= 11 is 5.59. The topological polar surface area (TPSA) is 83.5 Å². The second-order valence-corrected chi connectivity index (χ2v) is 5.64. The van der Waals surface area contributed by atoms with E-state index in [9.17, 15) is 17.6 Å². The van der Waals surface area contributed by atoms with E-state index in [1.807, 2.05) is 0 Å². The van der Waals surface area contributed by atoms with Gasteiger partial charge in [0.05, 0.1) is 0 Å². The average molecular weight is 296 g/mol. The summed E-state index contributed by atoms with van der Waals surface area (Å²) in [7, 11) is -4.01. The molecule has 0 bridgehead atoms. The molecule has 1 aromatic rings. The maximum absolute atomic E-state index is 13.3. The molecule has 0 aliphatic rings. The second kappa shape index (κ2) is 6.12. The van der Waals surface area contributed by atoms with Crippen LogP contribution in [0, 0.1) is 5.82 Å². The van der Waals surface area contributed by atoms with E-state index in [2.05, 4.69) is 4.72 Å². The first-order valence-electron chi connectivity index (χ1n) is 4.99. The third kappa shape index (κ3) is 4.25. The van der Waals surface area contributed by atoms with Crippen molar-refractivity contribution in [3.05, 3.63) is 29.0 Å². The van der Waals surface area contributed by atoms with Gasteiger partial charge in [0, 0.05) is 18.0 Å². The van der Waals surface area contributed by atoms with Gasteiger partial charge < -0.3 is 5.11 Å². The van der Waals surface area contributed by atoms with Crippen LogP contribution in [0.4, 0.5) is 4.39 Å². The number of halogens is 2. The molecule has 1 rings (SSSR count). The van der Waals surface area contributed by atoms with E-state index in [0.717, 1.165) is 12.1 Å². The van der Waals surface area contributed by atoms with Crippen LogP contribution in [0.3, 0.4) is 0 Å². The normalized spacial score (nSPS) is 11.4. The van der Waals surface area contributed by atoms with Crippen molar-refractivity contribution in [2.75, 3.05) is 6.54 Å². The summed E-state index contributed by atoms with van der Waals surface area (Å²) in [6.07, 6.45) is -0.0443. The summed E-state index contributed by atoms with van der Waals surface area (Å²) < 4.78 is 38.8. The van der Waals surface area contributed by atoms with Crippen molar-refractivity contribution < 1.29 is 22.7 Å². The van der Waals surface area contributed by atoms with E-state index in [0.29, 0.717) is 0 Å². The highest BCUT2D eigenvalue weighted by atomic mass is 35.5. The summed E-state index contributed by atoms with van der Waals surface area (Å²) in [5.41, 5.74) is 0. The maximum Gasteiger partial charge on any atom is 0.303 e. The maximum atomic E-state index is 13.3. The molecule has 1 aromatic carbocycles. The molecular formula is C10H11ClFNO4S. The highest BCUT2D eigenvalue weighted by Gasteiger charge is 2.18. The van der Waals surface area contributed by atoms with Crippen LogP contribution in [0.1, 0.15) is 12.8 Å². The zero-order chi connectivity index (χ0) is 13.8. The number of sulfonamides is 1. The van der Waals surface area contributed by atoms with E-state index < -0.39 is 26.7 Å². The van der Waals surface area contributed by atoms with E-state index in [-0.39, 0.29) is 24.4 Å². The number of hydrogen-bond donors (Lipinski definition) is 2. The molecule has 0 aromatic heterocycles. The molecule has 0 fully saturated rings. The number of carboxylic acids is 1. The molecule has 0 saturated carbocycles. The van der Waals surface area contributed by atoms with Crippen LogP contribution in [0.15, 0.2) is 23.1 Å². The van der Waals surface area contributed by atoms with Crippen molar-refractivity contribution in [2.45, 2.75) is 17.7 Å². The fourth-order valence-corrected chi connectivity index (χ4v) is 2.62. The molecule has 0 spiro atoms. The third-order valence-electron chi connectivity index (χ3n) is 2.04. The Kier molecular flexibility index (Phi) is 5.06. The Morgan fingerprint density at radius 1 is 1.44 bits per heavy atom. The minimum Gasteiger partial charge on any atom is -0.481 e. The predicted octanol–water partition coefficient (Wildman–Crippen LogP) is 1.62. The molecule has 0 saturated heterocycles. The van der Waals surface area contributed by atoms with Gasteiger partial charge in [0.2, 0.25) is 10.0 Å². The van der Waals surface area contributed by atoms with Gasteiger partial charge in [-0.3, -0.25) is 4.79 Å². The van der Waals surface area contributed by atoms with Crippen molar-refractivity contribution in [1.29, 1.82) is 0 Å². The molecule has 0 unspecified atom stereocenters. The van der Waals surface area contributed by atoms with Crippen LogP contribution in [0.25, 0.3) is 0 Å². The van der Waals surface area contributed by atoms with Crippen LogP contribution >= 0.6 is 11.6 Å².